The molecule has 3 heterocycles. The van der Waals surface area contributed by atoms with Crippen molar-refractivity contribution in [2.45, 2.75) is 18.9 Å². The third kappa shape index (κ3) is 2.63. The van der Waals surface area contributed by atoms with Crippen LogP contribution in [0.2, 0.25) is 0 Å². The van der Waals surface area contributed by atoms with E-state index in [2.05, 4.69) is 9.97 Å². The number of ketones is 1. The average Bonchev–Trinajstić information content (AvgIpc) is 3.02. The second-order valence-electron chi connectivity index (χ2n) is 4.35. The number of thioether (sulfide) groups is 1. The zero-order valence-corrected chi connectivity index (χ0v) is 13.5. The molecule has 20 heavy (non-hydrogen) atoms. The number of aryl methyl sites for hydroxylation is 2. The highest BCUT2D eigenvalue weighted by molar-refractivity contribution is 8.00. The number of aromatic nitrogens is 2. The predicted molar refractivity (Wildman–Crippen MR) is 86.3 cm³/mol. The van der Waals surface area contributed by atoms with Crippen molar-refractivity contribution in [1.29, 1.82) is 0 Å². The first-order chi connectivity index (χ1) is 9.65. The van der Waals surface area contributed by atoms with Gasteiger partial charge in [0, 0.05) is 15.3 Å². The van der Waals surface area contributed by atoms with Crippen LogP contribution in [0.4, 0.5) is 0 Å². The molecule has 3 aromatic rings. The molecule has 102 valence electrons. The molecule has 0 saturated heterocycles. The first kappa shape index (κ1) is 13.7. The fourth-order valence-electron chi connectivity index (χ4n) is 1.99. The van der Waals surface area contributed by atoms with E-state index >= 15 is 0 Å². The van der Waals surface area contributed by atoms with Gasteiger partial charge in [-0.05, 0) is 31.4 Å². The topological polar surface area (TPSA) is 42.9 Å². The number of carbonyl (C=O) groups excluding carboxylic acids is 1. The molecule has 0 spiro atoms. The van der Waals surface area contributed by atoms with E-state index in [4.69, 9.17) is 0 Å². The van der Waals surface area contributed by atoms with Crippen LogP contribution in [0, 0.1) is 13.8 Å². The van der Waals surface area contributed by atoms with Gasteiger partial charge in [0.2, 0.25) is 0 Å². The first-order valence-electron chi connectivity index (χ1n) is 6.06. The van der Waals surface area contributed by atoms with Gasteiger partial charge in [0.25, 0.3) is 0 Å². The molecular formula is C14H12N2OS3. The smallest absolute Gasteiger partial charge is 0.174 e. The third-order valence-electron chi connectivity index (χ3n) is 2.89. The Kier molecular flexibility index (Phi) is 3.87. The molecule has 3 nitrogen and oxygen atoms in total. The fourth-order valence-corrected chi connectivity index (χ4v) is 4.76. The number of rotatable bonds is 4. The maximum atomic E-state index is 12.3. The molecule has 0 N–H and O–H groups in total. The molecule has 0 saturated carbocycles. The van der Waals surface area contributed by atoms with Gasteiger partial charge >= 0.3 is 0 Å². The van der Waals surface area contributed by atoms with E-state index in [1.807, 2.05) is 31.4 Å². The number of hydrogen-bond donors (Lipinski definition) is 0. The summed E-state index contributed by atoms with van der Waals surface area (Å²) in [6.45, 7) is 4.03. The van der Waals surface area contributed by atoms with E-state index in [9.17, 15) is 4.79 Å². The summed E-state index contributed by atoms with van der Waals surface area (Å²) >= 11 is 4.77. The van der Waals surface area contributed by atoms with Crippen molar-refractivity contribution in [3.05, 3.63) is 39.2 Å². The SMILES string of the molecule is Cc1cc(C(=O)CSc2ncnc3ccsc23)c(C)s1. The van der Waals surface area contributed by atoms with Crippen molar-refractivity contribution in [1.82, 2.24) is 9.97 Å². The highest BCUT2D eigenvalue weighted by Crippen LogP contribution is 2.30. The van der Waals surface area contributed by atoms with E-state index in [1.54, 1.807) is 29.0 Å². The summed E-state index contributed by atoms with van der Waals surface area (Å²) in [4.78, 5) is 23.0. The number of hydrogen-bond acceptors (Lipinski definition) is 6. The predicted octanol–water partition coefficient (Wildman–Crippen LogP) is 4.34. The van der Waals surface area contributed by atoms with E-state index in [0.717, 1.165) is 25.7 Å². The fraction of sp³-hybridized carbons (Fsp3) is 0.214. The summed E-state index contributed by atoms with van der Waals surface area (Å²) in [5, 5.41) is 2.89. The average molecular weight is 320 g/mol. The van der Waals surface area contributed by atoms with Crippen LogP contribution in [-0.2, 0) is 0 Å². The Morgan fingerprint density at radius 3 is 2.95 bits per heavy atom. The van der Waals surface area contributed by atoms with Gasteiger partial charge in [-0.1, -0.05) is 11.8 Å². The monoisotopic (exact) mass is 320 g/mol. The second kappa shape index (κ2) is 5.63. The standard InChI is InChI=1S/C14H12N2OS3/c1-8-5-10(9(2)20-8)12(17)6-19-14-13-11(3-4-18-13)15-7-16-14/h3-5,7H,6H2,1-2H3. The normalized spacial score (nSPS) is 11.1. The molecule has 6 heteroatoms. The van der Waals surface area contributed by atoms with Gasteiger partial charge in [-0.3, -0.25) is 4.79 Å². The van der Waals surface area contributed by atoms with Crippen LogP contribution >= 0.6 is 34.4 Å². The van der Waals surface area contributed by atoms with Gasteiger partial charge in [-0.15, -0.1) is 22.7 Å². The zero-order valence-electron chi connectivity index (χ0n) is 11.0. The van der Waals surface area contributed by atoms with Crippen molar-refractivity contribution in [2.75, 3.05) is 5.75 Å². The highest BCUT2D eigenvalue weighted by atomic mass is 32.2. The quantitative estimate of drug-likeness (QED) is 0.407. The van der Waals surface area contributed by atoms with E-state index in [0.29, 0.717) is 5.75 Å². The van der Waals surface area contributed by atoms with Crippen molar-refractivity contribution < 1.29 is 4.79 Å². The minimum Gasteiger partial charge on any atom is -0.293 e. The van der Waals surface area contributed by atoms with Crippen LogP contribution in [0.15, 0.2) is 28.9 Å². The molecule has 0 radical (unpaired) electrons. The maximum Gasteiger partial charge on any atom is 0.174 e. The number of carbonyl (C=O) groups is 1. The molecule has 0 aliphatic rings. The third-order valence-corrected chi connectivity index (χ3v) is 5.89. The molecule has 0 aliphatic carbocycles. The summed E-state index contributed by atoms with van der Waals surface area (Å²) in [6, 6.07) is 3.95. The van der Waals surface area contributed by atoms with Crippen molar-refractivity contribution in [2.24, 2.45) is 0 Å². The maximum absolute atomic E-state index is 12.3. The number of thiophene rings is 2. The number of Topliss-reactive ketones (excluding diaryl/α,β-unsaturated/α-hetero) is 1. The van der Waals surface area contributed by atoms with Crippen LogP contribution in [-0.4, -0.2) is 21.5 Å². The Labute approximate surface area is 129 Å². The Hall–Kier alpha value is -1.24. The summed E-state index contributed by atoms with van der Waals surface area (Å²) < 4.78 is 1.06. The molecule has 0 unspecified atom stereocenters. The number of nitrogens with zero attached hydrogens (tertiary/aromatic N) is 2. The molecule has 0 bridgehead atoms. The lowest BCUT2D eigenvalue weighted by Gasteiger charge is -2.01. The summed E-state index contributed by atoms with van der Waals surface area (Å²) in [5.41, 5.74) is 1.79. The Morgan fingerprint density at radius 2 is 2.20 bits per heavy atom. The largest absolute Gasteiger partial charge is 0.293 e. The lowest BCUT2D eigenvalue weighted by atomic mass is 10.2. The van der Waals surface area contributed by atoms with Gasteiger partial charge in [-0.2, -0.15) is 0 Å². The van der Waals surface area contributed by atoms with Crippen molar-refractivity contribution in [3.63, 3.8) is 0 Å². The Balaban J connectivity index is 1.78. The summed E-state index contributed by atoms with van der Waals surface area (Å²) in [7, 11) is 0. The second-order valence-corrected chi connectivity index (χ2v) is 7.69. The molecule has 0 aromatic carbocycles. The van der Waals surface area contributed by atoms with Gasteiger partial charge < -0.3 is 0 Å². The lowest BCUT2D eigenvalue weighted by Crippen LogP contribution is -2.02. The van der Waals surface area contributed by atoms with Crippen LogP contribution in [0.25, 0.3) is 10.2 Å². The lowest BCUT2D eigenvalue weighted by molar-refractivity contribution is 0.102. The van der Waals surface area contributed by atoms with E-state index in [-0.39, 0.29) is 5.78 Å². The van der Waals surface area contributed by atoms with E-state index < -0.39 is 0 Å². The molecule has 0 amide bonds. The van der Waals surface area contributed by atoms with E-state index in [1.165, 1.54) is 16.6 Å². The van der Waals surface area contributed by atoms with Gasteiger partial charge in [0.15, 0.2) is 5.78 Å². The molecule has 0 fully saturated rings. The van der Waals surface area contributed by atoms with Gasteiger partial charge in [0.05, 0.1) is 16.0 Å². The number of fused-ring (bicyclic) bond motifs is 1. The van der Waals surface area contributed by atoms with Crippen LogP contribution in [0.5, 0.6) is 0 Å². The van der Waals surface area contributed by atoms with Crippen LogP contribution in [0.1, 0.15) is 20.1 Å². The zero-order chi connectivity index (χ0) is 14.1. The minimum atomic E-state index is 0.167. The Bertz CT molecular complexity index is 776. The Morgan fingerprint density at radius 1 is 1.35 bits per heavy atom. The first-order valence-corrected chi connectivity index (χ1v) is 8.74. The molecule has 3 aromatic heterocycles. The van der Waals surface area contributed by atoms with Gasteiger partial charge in [-0.25, -0.2) is 9.97 Å². The summed E-state index contributed by atoms with van der Waals surface area (Å²) in [6.07, 6.45) is 1.56. The van der Waals surface area contributed by atoms with Gasteiger partial charge in [0.1, 0.15) is 11.4 Å². The summed E-state index contributed by atoms with van der Waals surface area (Å²) in [5.74, 6) is 0.585. The molecule has 3 rings (SSSR count). The van der Waals surface area contributed by atoms with Crippen molar-refractivity contribution in [3.8, 4) is 0 Å². The van der Waals surface area contributed by atoms with Crippen molar-refractivity contribution >= 4 is 50.4 Å². The minimum absolute atomic E-state index is 0.167. The highest BCUT2D eigenvalue weighted by Gasteiger charge is 2.14. The molecule has 0 aliphatic heterocycles. The van der Waals surface area contributed by atoms with Crippen LogP contribution < -0.4 is 0 Å². The molecular weight excluding hydrogens is 308 g/mol. The molecule has 0 atom stereocenters. The van der Waals surface area contributed by atoms with Crippen LogP contribution in [0.3, 0.4) is 0 Å².